The van der Waals surface area contributed by atoms with Crippen LogP contribution >= 0.6 is 0 Å². The van der Waals surface area contributed by atoms with Gasteiger partial charge >= 0.3 is 0 Å². The number of benzene rings is 7. The zero-order chi connectivity index (χ0) is 31.6. The second-order valence-corrected chi connectivity index (χ2v) is 11.7. The first-order valence-electron chi connectivity index (χ1n) is 16.0. The number of para-hydroxylation sites is 1. The predicted octanol–water partition coefficient (Wildman–Crippen LogP) is 12.9. The normalized spacial score (nSPS) is 12.3. The Balaban J connectivity index is 1.20. The van der Waals surface area contributed by atoms with Crippen molar-refractivity contribution >= 4 is 60.4 Å². The summed E-state index contributed by atoms with van der Waals surface area (Å²) in [4.78, 5) is 2.28. The summed E-state index contributed by atoms with van der Waals surface area (Å²) in [6.45, 7) is 2.05. The second-order valence-electron chi connectivity index (χ2n) is 11.7. The number of anilines is 2. The highest BCUT2D eigenvalue weighted by molar-refractivity contribution is 6.06. The van der Waals surface area contributed by atoms with E-state index in [1.807, 2.05) is 12.1 Å². The fourth-order valence-corrected chi connectivity index (χ4v) is 6.57. The Morgan fingerprint density at radius 1 is 0.574 bits per heavy atom. The molecule has 0 saturated carbocycles. The molecule has 224 valence electrons. The Hall–Kier alpha value is -6.12. The summed E-state index contributed by atoms with van der Waals surface area (Å²) in [6.07, 6.45) is 10.7. The molecule has 0 bridgehead atoms. The molecule has 0 aliphatic rings. The van der Waals surface area contributed by atoms with Crippen LogP contribution in [0.15, 0.2) is 187 Å². The van der Waals surface area contributed by atoms with Gasteiger partial charge in [0.1, 0.15) is 11.2 Å². The van der Waals surface area contributed by atoms with E-state index in [1.165, 1.54) is 32.7 Å². The molecule has 2 heteroatoms. The molecule has 2 nitrogen and oxygen atoms in total. The van der Waals surface area contributed by atoms with Gasteiger partial charge in [-0.3, -0.25) is 0 Å². The number of furan rings is 1. The second kappa shape index (κ2) is 12.3. The van der Waals surface area contributed by atoms with Crippen molar-refractivity contribution in [3.8, 4) is 11.1 Å². The molecule has 0 N–H and O–H groups in total. The maximum Gasteiger partial charge on any atom is 0.136 e. The van der Waals surface area contributed by atoms with Gasteiger partial charge in [0.25, 0.3) is 0 Å². The van der Waals surface area contributed by atoms with E-state index >= 15 is 0 Å². The molecule has 0 radical (unpaired) electrons. The third-order valence-electron chi connectivity index (χ3n) is 8.84. The van der Waals surface area contributed by atoms with Crippen molar-refractivity contribution in [1.29, 1.82) is 0 Å². The van der Waals surface area contributed by atoms with Crippen LogP contribution in [0.5, 0.6) is 0 Å². The standard InChI is InChI=1S/C45H33NO/c1-2-12-32(36-26-29-42-41-20-7-8-23-44(41)47-45(42)31-36)17-11-30-46(43-22-10-16-34-14-4-6-19-40(34)43)37-27-24-35(25-28-37)39-21-9-15-33-13-3-5-18-38(33)39/h2-31H,1H3/b12-2-,30-11+,32-17+. The molecule has 0 unspecified atom stereocenters. The van der Waals surface area contributed by atoms with Crippen LogP contribution in [0.3, 0.4) is 0 Å². The highest BCUT2D eigenvalue weighted by Crippen LogP contribution is 2.36. The number of rotatable bonds is 7. The molecule has 0 fully saturated rings. The summed E-state index contributed by atoms with van der Waals surface area (Å²) in [5.41, 5.74) is 8.67. The van der Waals surface area contributed by atoms with Crippen LogP contribution in [-0.2, 0) is 0 Å². The molecule has 0 saturated heterocycles. The van der Waals surface area contributed by atoms with Crippen LogP contribution in [0, 0.1) is 0 Å². The van der Waals surface area contributed by atoms with Crippen LogP contribution < -0.4 is 4.90 Å². The Morgan fingerprint density at radius 2 is 1.23 bits per heavy atom. The molecule has 8 rings (SSSR count). The molecular weight excluding hydrogens is 571 g/mol. The van der Waals surface area contributed by atoms with Crippen LogP contribution in [0.25, 0.3) is 60.2 Å². The highest BCUT2D eigenvalue weighted by atomic mass is 16.3. The third kappa shape index (κ3) is 5.41. The van der Waals surface area contributed by atoms with E-state index < -0.39 is 0 Å². The lowest BCUT2D eigenvalue weighted by Gasteiger charge is -2.23. The molecule has 0 aliphatic carbocycles. The minimum absolute atomic E-state index is 0.895. The van der Waals surface area contributed by atoms with Crippen LogP contribution in [0.1, 0.15) is 12.5 Å². The highest BCUT2D eigenvalue weighted by Gasteiger charge is 2.12. The summed E-state index contributed by atoms with van der Waals surface area (Å²) in [7, 11) is 0. The molecule has 0 aliphatic heterocycles. The molecule has 0 spiro atoms. The topological polar surface area (TPSA) is 16.4 Å². The summed E-state index contributed by atoms with van der Waals surface area (Å²) in [5.74, 6) is 0. The van der Waals surface area contributed by atoms with Crippen molar-refractivity contribution in [2.24, 2.45) is 0 Å². The van der Waals surface area contributed by atoms with Gasteiger partial charge in [-0.25, -0.2) is 0 Å². The lowest BCUT2D eigenvalue weighted by molar-refractivity contribution is 0.669. The molecule has 7 aromatic carbocycles. The van der Waals surface area contributed by atoms with Crippen molar-refractivity contribution in [1.82, 2.24) is 0 Å². The number of hydrogen-bond donors (Lipinski definition) is 0. The first-order chi connectivity index (χ1) is 23.3. The summed E-state index contributed by atoms with van der Waals surface area (Å²) >= 11 is 0. The van der Waals surface area contributed by atoms with Crippen molar-refractivity contribution in [2.75, 3.05) is 4.90 Å². The van der Waals surface area contributed by atoms with E-state index in [9.17, 15) is 0 Å². The average Bonchev–Trinajstić information content (AvgIpc) is 3.51. The van der Waals surface area contributed by atoms with E-state index in [-0.39, 0.29) is 0 Å². The van der Waals surface area contributed by atoms with Gasteiger partial charge in [-0.2, -0.15) is 0 Å². The quantitative estimate of drug-likeness (QED) is 0.169. The molecule has 0 atom stereocenters. The van der Waals surface area contributed by atoms with Gasteiger partial charge < -0.3 is 9.32 Å². The van der Waals surface area contributed by atoms with E-state index in [2.05, 4.69) is 182 Å². The lowest BCUT2D eigenvalue weighted by atomic mass is 9.98. The number of nitrogens with zero attached hydrogens (tertiary/aromatic N) is 1. The van der Waals surface area contributed by atoms with Crippen LogP contribution in [-0.4, -0.2) is 0 Å². The monoisotopic (exact) mass is 603 g/mol. The number of allylic oxidation sites excluding steroid dienone is 5. The number of hydrogen-bond acceptors (Lipinski definition) is 2. The Bertz CT molecular complexity index is 2460. The Kier molecular flexibility index (Phi) is 7.45. The van der Waals surface area contributed by atoms with Gasteiger partial charge in [0.2, 0.25) is 0 Å². The van der Waals surface area contributed by atoms with Gasteiger partial charge in [-0.15, -0.1) is 0 Å². The van der Waals surface area contributed by atoms with Gasteiger partial charge in [-0.05, 0) is 87.8 Å². The van der Waals surface area contributed by atoms with E-state index in [1.54, 1.807) is 0 Å². The van der Waals surface area contributed by atoms with Crippen molar-refractivity contribution in [2.45, 2.75) is 6.92 Å². The van der Waals surface area contributed by atoms with E-state index in [0.717, 1.165) is 44.4 Å². The summed E-state index contributed by atoms with van der Waals surface area (Å²) in [5, 5.41) is 7.19. The minimum Gasteiger partial charge on any atom is -0.456 e. The fourth-order valence-electron chi connectivity index (χ4n) is 6.57. The minimum atomic E-state index is 0.895. The zero-order valence-electron chi connectivity index (χ0n) is 26.2. The molecule has 1 heterocycles. The fraction of sp³-hybridized carbons (Fsp3) is 0.0222. The van der Waals surface area contributed by atoms with Crippen LogP contribution in [0.4, 0.5) is 11.4 Å². The maximum absolute atomic E-state index is 6.21. The third-order valence-corrected chi connectivity index (χ3v) is 8.84. The summed E-state index contributed by atoms with van der Waals surface area (Å²) in [6, 6.07) is 53.7. The first kappa shape index (κ1) is 28.4. The molecule has 0 amide bonds. The van der Waals surface area contributed by atoms with Gasteiger partial charge in [0, 0.05) is 28.0 Å². The van der Waals surface area contributed by atoms with Crippen LogP contribution in [0.2, 0.25) is 0 Å². The first-order valence-corrected chi connectivity index (χ1v) is 16.0. The predicted molar refractivity (Wildman–Crippen MR) is 201 cm³/mol. The van der Waals surface area contributed by atoms with E-state index in [0.29, 0.717) is 0 Å². The average molecular weight is 604 g/mol. The van der Waals surface area contributed by atoms with Crippen molar-refractivity contribution < 1.29 is 4.42 Å². The zero-order valence-corrected chi connectivity index (χ0v) is 26.2. The Labute approximate surface area is 274 Å². The largest absolute Gasteiger partial charge is 0.456 e. The molecule has 1 aromatic heterocycles. The van der Waals surface area contributed by atoms with Crippen molar-refractivity contribution in [3.05, 3.63) is 188 Å². The maximum atomic E-state index is 6.21. The summed E-state index contributed by atoms with van der Waals surface area (Å²) < 4.78 is 6.21. The molecule has 47 heavy (non-hydrogen) atoms. The Morgan fingerprint density at radius 3 is 2.04 bits per heavy atom. The van der Waals surface area contributed by atoms with Crippen molar-refractivity contribution in [3.63, 3.8) is 0 Å². The lowest BCUT2D eigenvalue weighted by Crippen LogP contribution is -2.08. The van der Waals surface area contributed by atoms with Gasteiger partial charge in [0.05, 0.1) is 5.69 Å². The SMILES string of the molecule is C\C=C/C(=C\C=C\N(c1ccc(-c2cccc3ccccc23)cc1)c1cccc2ccccc12)c1ccc2c(c1)oc1ccccc12. The number of fused-ring (bicyclic) bond motifs is 5. The van der Waals surface area contributed by atoms with Gasteiger partial charge in [0.15, 0.2) is 0 Å². The van der Waals surface area contributed by atoms with Gasteiger partial charge in [-0.1, -0.05) is 133 Å². The van der Waals surface area contributed by atoms with E-state index in [4.69, 9.17) is 4.42 Å². The smallest absolute Gasteiger partial charge is 0.136 e. The molecular formula is C45H33NO. The molecule has 8 aromatic rings.